The Labute approximate surface area is 206 Å². The predicted octanol–water partition coefficient (Wildman–Crippen LogP) is 5.87. The molecule has 5 rings (SSSR count). The van der Waals surface area contributed by atoms with Gasteiger partial charge in [-0.3, -0.25) is 0 Å². The molecule has 178 valence electrons. The molecule has 0 amide bonds. The first-order chi connectivity index (χ1) is 17.2. The first-order valence-electron chi connectivity index (χ1n) is 12.1. The molecule has 0 spiro atoms. The summed E-state index contributed by atoms with van der Waals surface area (Å²) in [4.78, 5) is 7.04. The Kier molecular flexibility index (Phi) is 7.25. The first-order valence-corrected chi connectivity index (χ1v) is 12.1. The van der Waals surface area contributed by atoms with E-state index in [1.165, 1.54) is 5.69 Å². The number of benzene rings is 3. The molecule has 5 heteroatoms. The number of piperidine rings is 1. The van der Waals surface area contributed by atoms with Gasteiger partial charge in [0, 0.05) is 30.4 Å². The fraction of sp³-hybridized carbons (Fsp3) is 0.233. The Morgan fingerprint density at radius 3 is 1.94 bits per heavy atom. The number of rotatable bonds is 8. The number of pyridine rings is 1. The molecule has 2 heterocycles. The molecule has 0 radical (unpaired) electrons. The normalized spacial score (nSPS) is 14.0. The number of aliphatic hydroxyl groups excluding tert-OH is 1. The number of ether oxygens (including phenoxy) is 2. The van der Waals surface area contributed by atoms with Crippen molar-refractivity contribution < 1.29 is 14.6 Å². The number of nitrogens with zero attached hydrogens (tertiary/aromatic N) is 2. The zero-order valence-corrected chi connectivity index (χ0v) is 19.7. The molecule has 1 aromatic heterocycles. The average molecular weight is 467 g/mol. The summed E-state index contributed by atoms with van der Waals surface area (Å²) in [7, 11) is 0. The second-order valence-electron chi connectivity index (χ2n) is 8.82. The summed E-state index contributed by atoms with van der Waals surface area (Å²) in [6.45, 7) is 2.63. The van der Waals surface area contributed by atoms with Crippen LogP contribution in [0.2, 0.25) is 0 Å². The molecular weight excluding hydrogens is 436 g/mol. The van der Waals surface area contributed by atoms with Gasteiger partial charge in [-0.15, -0.1) is 0 Å². The summed E-state index contributed by atoms with van der Waals surface area (Å²) in [5, 5.41) is 9.80. The third-order valence-electron chi connectivity index (χ3n) is 6.29. The van der Waals surface area contributed by atoms with Gasteiger partial charge in [-0.1, -0.05) is 72.8 Å². The fourth-order valence-corrected chi connectivity index (χ4v) is 4.27. The van der Waals surface area contributed by atoms with Crippen molar-refractivity contribution in [2.75, 3.05) is 18.0 Å². The van der Waals surface area contributed by atoms with E-state index in [0.29, 0.717) is 25.0 Å². The van der Waals surface area contributed by atoms with Gasteiger partial charge in [-0.2, -0.15) is 4.98 Å². The number of hydrogen-bond donors (Lipinski definition) is 1. The van der Waals surface area contributed by atoms with Gasteiger partial charge in [0.2, 0.25) is 11.8 Å². The van der Waals surface area contributed by atoms with Crippen molar-refractivity contribution >= 4 is 5.69 Å². The van der Waals surface area contributed by atoms with E-state index in [0.717, 1.165) is 48.2 Å². The molecule has 3 aromatic carbocycles. The van der Waals surface area contributed by atoms with Crippen molar-refractivity contribution in [3.8, 4) is 22.9 Å². The highest BCUT2D eigenvalue weighted by molar-refractivity contribution is 5.71. The number of aromatic nitrogens is 1. The molecule has 4 aromatic rings. The van der Waals surface area contributed by atoms with Gasteiger partial charge in [0.1, 0.15) is 13.2 Å². The number of hydrogen-bond acceptors (Lipinski definition) is 5. The van der Waals surface area contributed by atoms with E-state index in [9.17, 15) is 5.11 Å². The minimum Gasteiger partial charge on any atom is -0.473 e. The SMILES string of the molecule is OC1CCN(c2ccc(-c3ccc(OCc4ccccc4)nc3OCc3ccccc3)cc2)CC1. The number of aliphatic hydroxyl groups is 1. The smallest absolute Gasteiger partial charge is 0.225 e. The maximum absolute atomic E-state index is 9.80. The Morgan fingerprint density at radius 1 is 0.714 bits per heavy atom. The topological polar surface area (TPSA) is 54.8 Å². The molecule has 0 unspecified atom stereocenters. The molecule has 1 N–H and O–H groups in total. The third kappa shape index (κ3) is 6.00. The first kappa shape index (κ1) is 22.9. The van der Waals surface area contributed by atoms with Crippen LogP contribution in [0.4, 0.5) is 5.69 Å². The second-order valence-corrected chi connectivity index (χ2v) is 8.82. The van der Waals surface area contributed by atoms with E-state index in [1.54, 1.807) is 0 Å². The van der Waals surface area contributed by atoms with E-state index in [-0.39, 0.29) is 6.10 Å². The molecule has 1 fully saturated rings. The van der Waals surface area contributed by atoms with Gasteiger partial charge in [0.25, 0.3) is 0 Å². The molecule has 1 saturated heterocycles. The lowest BCUT2D eigenvalue weighted by atomic mass is 10.0. The highest BCUT2D eigenvalue weighted by atomic mass is 16.5. The number of anilines is 1. The zero-order valence-electron chi connectivity index (χ0n) is 19.7. The molecule has 0 bridgehead atoms. The maximum atomic E-state index is 9.80. The molecule has 0 aliphatic carbocycles. The lowest BCUT2D eigenvalue weighted by Gasteiger charge is -2.31. The quantitative estimate of drug-likeness (QED) is 0.352. The summed E-state index contributed by atoms with van der Waals surface area (Å²) < 4.78 is 12.2. The minimum atomic E-state index is -0.177. The van der Waals surface area contributed by atoms with Gasteiger partial charge in [0.15, 0.2) is 0 Å². The Bertz CT molecular complexity index is 1210. The van der Waals surface area contributed by atoms with Crippen molar-refractivity contribution in [2.45, 2.75) is 32.2 Å². The van der Waals surface area contributed by atoms with E-state index in [1.807, 2.05) is 72.8 Å². The van der Waals surface area contributed by atoms with E-state index in [2.05, 4.69) is 29.2 Å². The van der Waals surface area contributed by atoms with Gasteiger partial charge < -0.3 is 19.5 Å². The van der Waals surface area contributed by atoms with Crippen molar-refractivity contribution in [3.63, 3.8) is 0 Å². The van der Waals surface area contributed by atoms with Crippen LogP contribution in [0.3, 0.4) is 0 Å². The van der Waals surface area contributed by atoms with Crippen molar-refractivity contribution in [3.05, 3.63) is 108 Å². The summed E-state index contributed by atoms with van der Waals surface area (Å²) in [6, 6.07) is 32.5. The van der Waals surface area contributed by atoms with Crippen LogP contribution in [0, 0.1) is 0 Å². The predicted molar refractivity (Wildman–Crippen MR) is 139 cm³/mol. The van der Waals surface area contributed by atoms with Crippen LogP contribution in [-0.2, 0) is 13.2 Å². The van der Waals surface area contributed by atoms with Gasteiger partial charge in [-0.25, -0.2) is 0 Å². The summed E-state index contributed by atoms with van der Waals surface area (Å²) >= 11 is 0. The largest absolute Gasteiger partial charge is 0.473 e. The molecule has 35 heavy (non-hydrogen) atoms. The zero-order chi connectivity index (χ0) is 23.9. The lowest BCUT2D eigenvalue weighted by molar-refractivity contribution is 0.145. The van der Waals surface area contributed by atoms with Crippen LogP contribution >= 0.6 is 0 Å². The Morgan fingerprint density at radius 2 is 1.31 bits per heavy atom. The lowest BCUT2D eigenvalue weighted by Crippen LogP contribution is -2.35. The Hall–Kier alpha value is -3.83. The van der Waals surface area contributed by atoms with Crippen LogP contribution in [0.25, 0.3) is 11.1 Å². The Balaban J connectivity index is 1.36. The molecule has 5 nitrogen and oxygen atoms in total. The maximum Gasteiger partial charge on any atom is 0.225 e. The minimum absolute atomic E-state index is 0.177. The van der Waals surface area contributed by atoms with Crippen LogP contribution in [0.15, 0.2) is 97.1 Å². The van der Waals surface area contributed by atoms with Gasteiger partial charge >= 0.3 is 0 Å². The third-order valence-corrected chi connectivity index (χ3v) is 6.29. The van der Waals surface area contributed by atoms with Gasteiger partial charge in [-0.05, 0) is 47.7 Å². The molecular formula is C30H30N2O3. The van der Waals surface area contributed by atoms with Crippen molar-refractivity contribution in [2.24, 2.45) is 0 Å². The fourth-order valence-electron chi connectivity index (χ4n) is 4.27. The van der Waals surface area contributed by atoms with Crippen LogP contribution in [0.5, 0.6) is 11.8 Å². The molecule has 0 saturated carbocycles. The summed E-state index contributed by atoms with van der Waals surface area (Å²) in [5.74, 6) is 1.08. The highest BCUT2D eigenvalue weighted by Crippen LogP contribution is 2.33. The molecule has 1 aliphatic rings. The summed E-state index contributed by atoms with van der Waals surface area (Å²) in [5.41, 5.74) is 5.30. The monoisotopic (exact) mass is 466 g/mol. The van der Waals surface area contributed by atoms with E-state index in [4.69, 9.17) is 14.5 Å². The second kappa shape index (κ2) is 11.1. The van der Waals surface area contributed by atoms with Crippen molar-refractivity contribution in [1.29, 1.82) is 0 Å². The molecule has 0 atom stereocenters. The van der Waals surface area contributed by atoms with Crippen LogP contribution in [-0.4, -0.2) is 29.3 Å². The summed E-state index contributed by atoms with van der Waals surface area (Å²) in [6.07, 6.45) is 1.45. The van der Waals surface area contributed by atoms with Crippen molar-refractivity contribution in [1.82, 2.24) is 4.98 Å². The highest BCUT2D eigenvalue weighted by Gasteiger charge is 2.18. The van der Waals surface area contributed by atoms with Crippen LogP contribution < -0.4 is 14.4 Å². The van der Waals surface area contributed by atoms with Gasteiger partial charge in [0.05, 0.1) is 6.10 Å². The van der Waals surface area contributed by atoms with E-state index < -0.39 is 0 Å². The molecule has 1 aliphatic heterocycles. The average Bonchev–Trinajstić information content (AvgIpc) is 2.92. The standard InChI is InChI=1S/C30H30N2O3/c33-27-17-19-32(20-18-27)26-13-11-25(12-14-26)28-15-16-29(34-21-23-7-3-1-4-8-23)31-30(28)35-22-24-9-5-2-6-10-24/h1-16,27,33H,17-22H2. The van der Waals surface area contributed by atoms with E-state index >= 15 is 0 Å². The van der Waals surface area contributed by atoms with Crippen LogP contribution in [0.1, 0.15) is 24.0 Å².